The van der Waals surface area contributed by atoms with E-state index in [-0.39, 0.29) is 0 Å². The molecule has 0 atom stereocenters. The van der Waals surface area contributed by atoms with Crippen LogP contribution in [0, 0.1) is 0 Å². The highest BCUT2D eigenvalue weighted by Crippen LogP contribution is 2.30. The van der Waals surface area contributed by atoms with E-state index in [1.807, 2.05) is 0 Å². The fraction of sp³-hybridized carbons (Fsp3) is 0.900. The second kappa shape index (κ2) is 8.36. The van der Waals surface area contributed by atoms with E-state index in [9.17, 15) is 0 Å². The van der Waals surface area contributed by atoms with Crippen LogP contribution in [0.3, 0.4) is 0 Å². The molecule has 0 radical (unpaired) electrons. The Labute approximate surface area is 158 Å². The van der Waals surface area contributed by atoms with Crippen LogP contribution in [0.25, 0.3) is 0 Å². The Bertz CT molecular complexity index is 563. The van der Waals surface area contributed by atoms with Crippen molar-refractivity contribution in [3.8, 4) is 0 Å². The molecule has 1 aromatic rings. The lowest BCUT2D eigenvalue weighted by Crippen LogP contribution is -2.46. The molecule has 1 aromatic heterocycles. The molecule has 146 valence electrons. The minimum Gasteiger partial charge on any atom is -0.314 e. The molecule has 0 amide bonds. The molecule has 0 saturated carbocycles. The van der Waals surface area contributed by atoms with Gasteiger partial charge >= 0.3 is 0 Å². The van der Waals surface area contributed by atoms with Crippen molar-refractivity contribution in [2.45, 2.75) is 70.5 Å². The van der Waals surface area contributed by atoms with Crippen LogP contribution in [-0.2, 0) is 13.1 Å². The van der Waals surface area contributed by atoms with Gasteiger partial charge in [0, 0.05) is 18.5 Å². The lowest BCUT2D eigenvalue weighted by atomic mass is 9.93. The highest BCUT2D eigenvalue weighted by atomic mass is 15.3. The van der Waals surface area contributed by atoms with Gasteiger partial charge in [-0.2, -0.15) is 0 Å². The fourth-order valence-electron chi connectivity index (χ4n) is 5.14. The summed E-state index contributed by atoms with van der Waals surface area (Å²) in [5.74, 6) is 3.03. The first-order chi connectivity index (χ1) is 12.7. The maximum Gasteiger partial charge on any atom is 0.147 e. The monoisotopic (exact) mass is 360 g/mol. The zero-order valence-electron chi connectivity index (χ0n) is 16.7. The van der Waals surface area contributed by atoms with Crippen LogP contribution in [0.4, 0.5) is 0 Å². The molecule has 0 aliphatic carbocycles. The average Bonchev–Trinajstić information content (AvgIpc) is 3.32. The van der Waals surface area contributed by atoms with Gasteiger partial charge in [-0.15, -0.1) is 10.2 Å². The summed E-state index contributed by atoms with van der Waals surface area (Å²) in [6.45, 7) is 11.7. The van der Waals surface area contributed by atoms with Crippen molar-refractivity contribution >= 4 is 0 Å². The first-order valence-corrected chi connectivity index (χ1v) is 10.8. The van der Waals surface area contributed by atoms with Crippen molar-refractivity contribution in [3.05, 3.63) is 11.6 Å². The molecule has 3 fully saturated rings. The maximum atomic E-state index is 4.66. The van der Waals surface area contributed by atoms with Crippen LogP contribution < -0.4 is 0 Å². The summed E-state index contributed by atoms with van der Waals surface area (Å²) < 4.78 is 2.41. The molecule has 3 aliphatic heterocycles. The number of hydrogen-bond donors (Lipinski definition) is 0. The van der Waals surface area contributed by atoms with Gasteiger partial charge in [0.15, 0.2) is 0 Å². The molecule has 4 rings (SSSR count). The molecule has 6 heteroatoms. The lowest BCUT2D eigenvalue weighted by molar-refractivity contribution is 0.0951. The number of hydrogen-bond acceptors (Lipinski definition) is 5. The van der Waals surface area contributed by atoms with Crippen LogP contribution >= 0.6 is 0 Å². The van der Waals surface area contributed by atoms with Gasteiger partial charge in [-0.3, -0.25) is 4.90 Å². The van der Waals surface area contributed by atoms with E-state index in [0.29, 0.717) is 5.92 Å². The van der Waals surface area contributed by atoms with Crippen LogP contribution in [0.1, 0.15) is 63.0 Å². The van der Waals surface area contributed by atoms with Crippen molar-refractivity contribution in [1.82, 2.24) is 29.5 Å². The van der Waals surface area contributed by atoms with Crippen molar-refractivity contribution in [2.24, 2.45) is 0 Å². The standard InChI is InChI=1S/C20H36N6/c1-3-26-19(16-24-10-4-5-11-24)21-22-20(26)17-6-14-25(15-7-17)18-8-12-23(2)13-9-18/h17-18H,3-16H2,1-2H3. The SMILES string of the molecule is CCn1c(CN2CCCC2)nnc1C1CCN(C2CCN(C)CC2)CC1. The highest BCUT2D eigenvalue weighted by Gasteiger charge is 2.30. The van der Waals surface area contributed by atoms with Crippen LogP contribution in [0.5, 0.6) is 0 Å². The van der Waals surface area contributed by atoms with Gasteiger partial charge in [-0.25, -0.2) is 0 Å². The number of piperidine rings is 2. The molecular weight excluding hydrogens is 324 g/mol. The average molecular weight is 361 g/mol. The summed E-state index contributed by atoms with van der Waals surface area (Å²) in [5.41, 5.74) is 0. The third-order valence-corrected chi connectivity index (χ3v) is 6.84. The summed E-state index contributed by atoms with van der Waals surface area (Å²) in [5, 5.41) is 9.26. The number of aromatic nitrogens is 3. The Balaban J connectivity index is 1.35. The van der Waals surface area contributed by atoms with Crippen molar-refractivity contribution < 1.29 is 0 Å². The van der Waals surface area contributed by atoms with Crippen molar-refractivity contribution in [3.63, 3.8) is 0 Å². The summed E-state index contributed by atoms with van der Waals surface area (Å²) in [4.78, 5) is 7.75. The van der Waals surface area contributed by atoms with Gasteiger partial charge in [0.1, 0.15) is 11.6 Å². The van der Waals surface area contributed by atoms with E-state index >= 15 is 0 Å². The molecular formula is C20H36N6. The minimum absolute atomic E-state index is 0.595. The molecule has 0 unspecified atom stereocenters. The summed E-state index contributed by atoms with van der Waals surface area (Å²) >= 11 is 0. The highest BCUT2D eigenvalue weighted by molar-refractivity contribution is 5.05. The minimum atomic E-state index is 0.595. The number of likely N-dealkylation sites (tertiary alicyclic amines) is 3. The molecule has 0 aromatic carbocycles. The Hall–Kier alpha value is -0.980. The Morgan fingerprint density at radius 3 is 2.23 bits per heavy atom. The third-order valence-electron chi connectivity index (χ3n) is 6.84. The second-order valence-electron chi connectivity index (χ2n) is 8.55. The Morgan fingerprint density at radius 2 is 1.58 bits per heavy atom. The first-order valence-electron chi connectivity index (χ1n) is 10.8. The normalized spacial score (nSPS) is 25.3. The van der Waals surface area contributed by atoms with Crippen LogP contribution in [0.15, 0.2) is 0 Å². The molecule has 0 bridgehead atoms. The third kappa shape index (κ3) is 3.97. The van der Waals surface area contributed by atoms with Gasteiger partial charge in [0.2, 0.25) is 0 Å². The smallest absolute Gasteiger partial charge is 0.147 e. The topological polar surface area (TPSA) is 40.4 Å². The van der Waals surface area contributed by atoms with Gasteiger partial charge in [-0.05, 0) is 91.8 Å². The van der Waals surface area contributed by atoms with Crippen LogP contribution in [-0.4, -0.2) is 81.8 Å². The van der Waals surface area contributed by atoms with E-state index < -0.39 is 0 Å². The number of nitrogens with zero attached hydrogens (tertiary/aromatic N) is 6. The van der Waals surface area contributed by atoms with E-state index in [1.165, 1.54) is 89.4 Å². The van der Waals surface area contributed by atoms with Crippen molar-refractivity contribution in [1.29, 1.82) is 0 Å². The quantitative estimate of drug-likeness (QED) is 0.805. The Morgan fingerprint density at radius 1 is 0.885 bits per heavy atom. The van der Waals surface area contributed by atoms with E-state index in [2.05, 4.69) is 43.4 Å². The van der Waals surface area contributed by atoms with E-state index in [4.69, 9.17) is 0 Å². The lowest BCUT2D eigenvalue weighted by Gasteiger charge is -2.41. The molecule has 4 heterocycles. The Kier molecular flexibility index (Phi) is 5.91. The van der Waals surface area contributed by atoms with Gasteiger partial charge < -0.3 is 14.4 Å². The number of rotatable bonds is 5. The van der Waals surface area contributed by atoms with E-state index in [0.717, 1.165) is 19.1 Å². The summed E-state index contributed by atoms with van der Waals surface area (Å²) in [6, 6.07) is 0.807. The summed E-state index contributed by atoms with van der Waals surface area (Å²) in [7, 11) is 2.25. The van der Waals surface area contributed by atoms with Gasteiger partial charge in [-0.1, -0.05) is 0 Å². The molecule has 3 aliphatic rings. The molecule has 6 nitrogen and oxygen atoms in total. The van der Waals surface area contributed by atoms with Crippen LogP contribution in [0.2, 0.25) is 0 Å². The van der Waals surface area contributed by atoms with Gasteiger partial charge in [0.05, 0.1) is 6.54 Å². The first kappa shape index (κ1) is 18.4. The predicted molar refractivity (Wildman–Crippen MR) is 104 cm³/mol. The molecule has 0 N–H and O–H groups in total. The second-order valence-corrected chi connectivity index (χ2v) is 8.55. The zero-order chi connectivity index (χ0) is 17.9. The predicted octanol–water partition coefficient (Wildman–Crippen LogP) is 2.17. The van der Waals surface area contributed by atoms with E-state index in [1.54, 1.807) is 0 Å². The molecule has 26 heavy (non-hydrogen) atoms. The van der Waals surface area contributed by atoms with Crippen molar-refractivity contribution in [2.75, 3.05) is 46.3 Å². The fourth-order valence-corrected chi connectivity index (χ4v) is 5.14. The largest absolute Gasteiger partial charge is 0.314 e. The zero-order valence-corrected chi connectivity index (χ0v) is 16.7. The summed E-state index contributed by atoms with van der Waals surface area (Å²) in [6.07, 6.45) is 7.84. The molecule has 3 saturated heterocycles. The van der Waals surface area contributed by atoms with Gasteiger partial charge in [0.25, 0.3) is 0 Å². The maximum absolute atomic E-state index is 4.66. The molecule has 0 spiro atoms.